The van der Waals surface area contributed by atoms with E-state index < -0.39 is 311 Å². The Balaban J connectivity index is 2.64. The summed E-state index contributed by atoms with van der Waals surface area (Å²) in [6.45, 7) is 5.22. The van der Waals surface area contributed by atoms with Gasteiger partial charge in [-0.3, -0.25) is 101 Å². The maximum absolute atomic E-state index is 15.1. The highest BCUT2D eigenvalue weighted by molar-refractivity contribution is 6.02. The van der Waals surface area contributed by atoms with Crippen LogP contribution in [0.3, 0.4) is 0 Å². The van der Waals surface area contributed by atoms with Gasteiger partial charge in [0.05, 0.1) is 51.7 Å². The number of carboxylic acid groups (broad SMARTS) is 1. The molecule has 696 valence electrons. The molecular formula is C75H122N26O24. The average Bonchev–Trinajstić information content (AvgIpc) is 1.70. The third-order valence-electron chi connectivity index (χ3n) is 19.0. The molecule has 37 N–H and O–H groups in total. The minimum Gasteiger partial charge on any atom is -0.480 e. The fraction of sp³-hybridized carbons (Fsp3) is 0.600. The number of aliphatic hydroxyl groups is 2. The second kappa shape index (κ2) is 55.7. The molecule has 0 aliphatic rings. The molecule has 0 aliphatic carbocycles. The van der Waals surface area contributed by atoms with E-state index in [4.69, 9.17) is 61.5 Å². The number of nitrogens with one attached hydrogen (secondary N) is 18. The Bertz CT molecular complexity index is 4130. The first kappa shape index (κ1) is 108. The number of unbranched alkanes of at least 4 members (excludes halogenated alkanes) is 1. The monoisotopic (exact) mass is 1770 g/mol. The Labute approximate surface area is 718 Å². The van der Waals surface area contributed by atoms with Crippen molar-refractivity contribution >= 4 is 141 Å². The summed E-state index contributed by atoms with van der Waals surface area (Å²) >= 11 is 0. The number of aromatic amines is 1. The number of para-hydroxylation sites is 1. The van der Waals surface area contributed by atoms with Gasteiger partial charge in [0.25, 0.3) is 0 Å². The number of guanidine groups is 1. The van der Waals surface area contributed by atoms with E-state index in [0.717, 1.165) is 0 Å². The van der Waals surface area contributed by atoms with E-state index in [-0.39, 0.29) is 64.0 Å². The summed E-state index contributed by atoms with van der Waals surface area (Å²) in [5, 5.41) is 74.9. The molecule has 20 amide bonds. The Kier molecular flexibility index (Phi) is 48.0. The van der Waals surface area contributed by atoms with Crippen LogP contribution < -0.4 is 131 Å². The summed E-state index contributed by atoms with van der Waals surface area (Å²) in [4.78, 5) is 283. The van der Waals surface area contributed by atoms with Crippen molar-refractivity contribution in [2.75, 3.05) is 45.9 Å². The third kappa shape index (κ3) is 41.0. The molecule has 2 aromatic rings. The quantitative estimate of drug-likeness (QED) is 0.0166. The number of carbonyl (C=O) groups is 21. The standard InChI is InChI=1S/C75H122N26O24/c1-7-37(6)61(72(122)89-31-58(110)87-30-57(109)88-32-59(111)90-51(34-103)74(124)125)101-69(119)47(25-35(2)3)97-64(114)43(16-12-24-85-75(83)84)92-65(115)44(17-20-52(78)104)93-67(117)45(18-21-53(79)105)94-68(118)48(26-38-29-86-41-14-9-8-13-39(38)41)98-63(113)42(15-10-11-23-76)91-66(116)46(19-22-54(80)106)95-71(121)50(33-102)99-73(123)60(36(4)5)100-70(120)49(28-56(82)108)96-62(112)40(77)27-55(81)107/h8-9,13-14,29,35-37,40,42-51,60-61,86,102-103H,7,10-12,15-28,30-34,76-77H2,1-6H3,(H2,78,104)(H2,79,105)(H2,80,106)(H2,81,107)(H2,82,108)(H,87,110)(H,88,109)(H,89,122)(H,90,111)(H,91,116)(H,92,115)(H,93,117)(H,94,118)(H,95,121)(H,96,112)(H,97,114)(H,98,113)(H,99,123)(H,100,120)(H,101,119)(H,124,125)(H4,83,84,85)/t37-,40-,42-,43-,44-,45-,46-,47-,48-,49-,50-,51-,60-,61-/m0/s1. The minimum absolute atomic E-state index is 0.0316. The minimum atomic E-state index is -1.95. The summed E-state index contributed by atoms with van der Waals surface area (Å²) in [6.07, 6.45) is -4.15. The van der Waals surface area contributed by atoms with Crippen LogP contribution in [0, 0.1) is 23.2 Å². The zero-order valence-electron chi connectivity index (χ0n) is 70.4. The summed E-state index contributed by atoms with van der Waals surface area (Å²) in [7, 11) is 0. The molecule has 1 aromatic heterocycles. The van der Waals surface area contributed by atoms with Gasteiger partial charge in [-0.25, -0.2) is 4.79 Å². The second-order valence-electron chi connectivity index (χ2n) is 30.2. The maximum Gasteiger partial charge on any atom is 0.328 e. The first-order chi connectivity index (χ1) is 58.7. The lowest BCUT2D eigenvalue weighted by atomic mass is 9.96. The Morgan fingerprint density at radius 1 is 0.416 bits per heavy atom. The van der Waals surface area contributed by atoms with Crippen LogP contribution in [0.15, 0.2) is 30.5 Å². The van der Waals surface area contributed by atoms with Crippen molar-refractivity contribution in [2.24, 2.45) is 63.6 Å². The number of hydrogen-bond donors (Lipinski definition) is 29. The smallest absolute Gasteiger partial charge is 0.328 e. The molecule has 2 rings (SSSR count). The van der Waals surface area contributed by atoms with Crippen LogP contribution in [0.1, 0.15) is 143 Å². The predicted octanol–water partition coefficient (Wildman–Crippen LogP) is -12.0. The molecule has 0 spiro atoms. The number of carbonyl (C=O) groups excluding carboxylic acids is 20. The molecule has 50 nitrogen and oxygen atoms in total. The van der Waals surface area contributed by atoms with E-state index in [0.29, 0.717) is 16.5 Å². The average molecular weight is 1770 g/mol. The van der Waals surface area contributed by atoms with Gasteiger partial charge in [-0.2, -0.15) is 0 Å². The van der Waals surface area contributed by atoms with Crippen LogP contribution >= 0.6 is 0 Å². The molecule has 50 heteroatoms. The molecule has 0 saturated carbocycles. The van der Waals surface area contributed by atoms with E-state index in [1.165, 1.54) is 20.0 Å². The Morgan fingerprint density at radius 3 is 1.27 bits per heavy atom. The number of benzene rings is 1. The van der Waals surface area contributed by atoms with Crippen LogP contribution in [0.25, 0.3) is 10.9 Å². The summed E-state index contributed by atoms with van der Waals surface area (Å²) in [5.74, 6) is -25.1. The van der Waals surface area contributed by atoms with Crippen molar-refractivity contribution in [2.45, 2.75) is 223 Å². The SMILES string of the molecule is CC[C@H](C)[C@H](NC(=O)[C@H](CC(C)C)NC(=O)[C@H](CCCNC(=N)N)NC(=O)[C@H](CCC(N)=O)NC(=O)[C@H](CCC(N)=O)NC(=O)[C@H](Cc1c[nH]c2ccccc12)NC(=O)[C@H](CCCCN)NC(=O)[C@H](CCC(N)=O)NC(=O)[C@H](CO)NC(=O)[C@@H](NC(=O)[C@H](CC(N)=O)NC(=O)[C@@H](N)CC(N)=O)C(C)C)C(=O)NCC(=O)NCC(=O)NCC(=O)N[C@@H](CO)C(=O)O. The zero-order valence-corrected chi connectivity index (χ0v) is 70.4. The molecular weight excluding hydrogens is 1650 g/mol. The van der Waals surface area contributed by atoms with E-state index in [1.807, 2.05) is 5.32 Å². The van der Waals surface area contributed by atoms with E-state index in [2.05, 4.69) is 84.7 Å². The van der Waals surface area contributed by atoms with Crippen molar-refractivity contribution in [1.82, 2.24) is 90.1 Å². The lowest BCUT2D eigenvalue weighted by molar-refractivity contribution is -0.143. The van der Waals surface area contributed by atoms with Gasteiger partial charge in [0.15, 0.2) is 5.96 Å². The summed E-state index contributed by atoms with van der Waals surface area (Å²) in [5.41, 5.74) is 45.0. The van der Waals surface area contributed by atoms with E-state index >= 15 is 4.79 Å². The highest BCUT2D eigenvalue weighted by Crippen LogP contribution is 2.21. The Morgan fingerprint density at radius 2 is 0.824 bits per heavy atom. The van der Waals surface area contributed by atoms with Gasteiger partial charge in [0.2, 0.25) is 118 Å². The fourth-order valence-corrected chi connectivity index (χ4v) is 12.0. The highest BCUT2D eigenvalue weighted by Gasteiger charge is 2.39. The van der Waals surface area contributed by atoms with E-state index in [1.54, 1.807) is 52.0 Å². The number of aliphatic hydroxyl groups excluding tert-OH is 2. The number of amides is 20. The van der Waals surface area contributed by atoms with Gasteiger partial charge in [0.1, 0.15) is 72.5 Å². The number of rotatable bonds is 61. The summed E-state index contributed by atoms with van der Waals surface area (Å²) in [6, 6.07) is -15.3. The van der Waals surface area contributed by atoms with Crippen LogP contribution in [-0.2, 0) is 107 Å². The lowest BCUT2D eigenvalue weighted by Crippen LogP contribution is -2.62. The zero-order chi connectivity index (χ0) is 94.5. The van der Waals surface area contributed by atoms with E-state index in [9.17, 15) is 101 Å². The molecule has 0 fully saturated rings. The van der Waals surface area contributed by atoms with Gasteiger partial charge < -0.3 is 151 Å². The Hall–Kier alpha value is -13.3. The van der Waals surface area contributed by atoms with Gasteiger partial charge in [-0.15, -0.1) is 0 Å². The largest absolute Gasteiger partial charge is 0.480 e. The van der Waals surface area contributed by atoms with Gasteiger partial charge in [0, 0.05) is 49.3 Å². The number of fused-ring (bicyclic) bond motifs is 1. The number of hydrogen-bond acceptors (Lipinski definition) is 26. The predicted molar refractivity (Wildman–Crippen MR) is 443 cm³/mol. The lowest BCUT2D eigenvalue weighted by Gasteiger charge is -2.29. The highest BCUT2D eigenvalue weighted by atomic mass is 16.4. The number of H-pyrrole nitrogens is 1. The van der Waals surface area contributed by atoms with Gasteiger partial charge in [-0.05, 0) is 93.7 Å². The first-order valence-electron chi connectivity index (χ1n) is 40.2. The molecule has 0 aliphatic heterocycles. The van der Waals surface area contributed by atoms with Crippen molar-refractivity contribution in [1.29, 1.82) is 5.41 Å². The summed E-state index contributed by atoms with van der Waals surface area (Å²) < 4.78 is 0. The number of aliphatic carboxylic acids is 1. The van der Waals surface area contributed by atoms with Gasteiger partial charge in [-0.1, -0.05) is 66.2 Å². The van der Waals surface area contributed by atoms with Crippen LogP contribution in [0.2, 0.25) is 0 Å². The normalized spacial score (nSPS) is 14.4. The fourth-order valence-electron chi connectivity index (χ4n) is 12.0. The molecule has 0 unspecified atom stereocenters. The topological polar surface area (TPSA) is 859 Å². The molecule has 125 heavy (non-hydrogen) atoms. The first-order valence-corrected chi connectivity index (χ1v) is 40.2. The molecule has 1 heterocycles. The molecule has 0 radical (unpaired) electrons. The number of nitrogens with two attached hydrogens (primary N) is 8. The number of primary amides is 5. The molecule has 0 saturated heterocycles. The molecule has 0 bridgehead atoms. The molecule has 14 atom stereocenters. The van der Waals surface area contributed by atoms with Gasteiger partial charge >= 0.3 is 5.97 Å². The third-order valence-corrected chi connectivity index (χ3v) is 19.0. The van der Waals surface area contributed by atoms with Crippen molar-refractivity contribution in [3.05, 3.63) is 36.0 Å². The number of carboxylic acids is 1. The van der Waals surface area contributed by atoms with Crippen LogP contribution in [0.5, 0.6) is 0 Å². The van der Waals surface area contributed by atoms with Crippen LogP contribution in [0.4, 0.5) is 0 Å². The second-order valence-corrected chi connectivity index (χ2v) is 30.2. The molecule has 1 aromatic carbocycles. The van der Waals surface area contributed by atoms with Crippen molar-refractivity contribution < 1.29 is 116 Å². The van der Waals surface area contributed by atoms with Crippen LogP contribution in [-0.4, -0.2) is 275 Å². The van der Waals surface area contributed by atoms with Crippen molar-refractivity contribution in [3.8, 4) is 0 Å². The maximum atomic E-state index is 15.1. The number of aromatic nitrogens is 1. The van der Waals surface area contributed by atoms with Crippen molar-refractivity contribution in [3.63, 3.8) is 0 Å².